The Morgan fingerprint density at radius 1 is 1.46 bits per heavy atom. The minimum atomic E-state index is -0.333. The van der Waals surface area contributed by atoms with Crippen LogP contribution in [0, 0.1) is 5.82 Å². The van der Waals surface area contributed by atoms with Crippen molar-refractivity contribution in [1.82, 2.24) is 20.7 Å². The number of fused-ring (bicyclic) bond motifs is 1. The number of anilines is 1. The lowest BCUT2D eigenvalue weighted by Crippen LogP contribution is -2.33. The molecular weight excluding hydrogens is 369 g/mol. The minimum absolute atomic E-state index is 0.0450. The van der Waals surface area contributed by atoms with Crippen LogP contribution in [0.5, 0.6) is 0 Å². The van der Waals surface area contributed by atoms with Gasteiger partial charge in [0.1, 0.15) is 18.2 Å². The molecule has 10 nitrogen and oxygen atoms in total. The zero-order chi connectivity index (χ0) is 19.7. The summed E-state index contributed by atoms with van der Waals surface area (Å²) in [5.41, 5.74) is 3.99. The first kappa shape index (κ1) is 18.0. The number of aromatic nitrogens is 2. The summed E-state index contributed by atoms with van der Waals surface area (Å²) in [5.74, 6) is 0.397. The van der Waals surface area contributed by atoms with Crippen LogP contribution in [-0.4, -0.2) is 58.1 Å². The van der Waals surface area contributed by atoms with Crippen molar-refractivity contribution in [3.63, 3.8) is 0 Å². The highest BCUT2D eigenvalue weighted by Gasteiger charge is 2.26. The molecule has 3 N–H and O–H groups in total. The lowest BCUT2D eigenvalue weighted by atomic mass is 10.1. The van der Waals surface area contributed by atoms with Crippen LogP contribution in [0.15, 0.2) is 32.8 Å². The number of rotatable bonds is 5. The van der Waals surface area contributed by atoms with Crippen molar-refractivity contribution in [2.45, 2.75) is 18.9 Å². The van der Waals surface area contributed by atoms with Crippen molar-refractivity contribution < 1.29 is 19.0 Å². The average Bonchev–Trinajstić information content (AvgIpc) is 3.39. The number of halogens is 1. The summed E-state index contributed by atoms with van der Waals surface area (Å²) in [6.07, 6.45) is 1.45. The third kappa shape index (κ3) is 3.31. The first-order valence-electron chi connectivity index (χ1n) is 8.69. The Morgan fingerprint density at radius 3 is 3.07 bits per heavy atom. The number of amides is 1. The van der Waals surface area contributed by atoms with Crippen molar-refractivity contribution in [1.29, 1.82) is 0 Å². The fraction of sp³-hybridized carbons (Fsp3) is 0.353. The summed E-state index contributed by atoms with van der Waals surface area (Å²) in [6.45, 7) is 0.333. The van der Waals surface area contributed by atoms with E-state index in [9.17, 15) is 14.4 Å². The Hall–Kier alpha value is -3.34. The predicted molar refractivity (Wildman–Crippen MR) is 96.8 cm³/mol. The van der Waals surface area contributed by atoms with Crippen LogP contribution in [0.4, 0.5) is 10.2 Å². The number of carbonyl (C=O) groups excluding carboxylic acids is 1. The summed E-state index contributed by atoms with van der Waals surface area (Å²) in [7, 11) is 1.64. The third-order valence-corrected chi connectivity index (χ3v) is 4.83. The van der Waals surface area contributed by atoms with Gasteiger partial charge in [0.15, 0.2) is 11.5 Å². The fourth-order valence-electron chi connectivity index (χ4n) is 3.30. The van der Waals surface area contributed by atoms with Gasteiger partial charge in [-0.2, -0.15) is 0 Å². The van der Waals surface area contributed by atoms with Crippen molar-refractivity contribution in [3.05, 3.63) is 40.8 Å². The first-order valence-corrected chi connectivity index (χ1v) is 8.69. The highest BCUT2D eigenvalue weighted by Crippen LogP contribution is 2.35. The van der Waals surface area contributed by atoms with E-state index in [1.807, 2.05) is 5.48 Å². The van der Waals surface area contributed by atoms with E-state index >= 15 is 0 Å². The average molecular weight is 387 g/mol. The Labute approximate surface area is 159 Å². The summed E-state index contributed by atoms with van der Waals surface area (Å²) in [4.78, 5) is 21.6. The Kier molecular flexibility index (Phi) is 4.74. The zero-order valence-corrected chi connectivity index (χ0v) is 15.0. The monoisotopic (exact) mass is 387 g/mol. The molecule has 2 heterocycles. The van der Waals surface area contributed by atoms with Crippen LogP contribution in [0.3, 0.4) is 0 Å². The molecule has 28 heavy (non-hydrogen) atoms. The van der Waals surface area contributed by atoms with Gasteiger partial charge in [0.05, 0.1) is 12.6 Å². The molecule has 2 aliphatic rings. The maximum absolute atomic E-state index is 13.6. The number of hydrogen-bond acceptors (Lipinski definition) is 8. The molecule has 4 rings (SSSR count). The number of likely N-dealkylation sites (N-methyl/N-ethyl adjacent to an activating group) is 1. The molecule has 146 valence electrons. The molecule has 0 bridgehead atoms. The minimum Gasteiger partial charge on any atom is -0.358 e. The van der Waals surface area contributed by atoms with Gasteiger partial charge >= 0.3 is 0 Å². The Bertz CT molecular complexity index is 971. The molecule has 1 aliphatic carbocycles. The maximum atomic E-state index is 13.6. The molecule has 2 aromatic rings. The van der Waals surface area contributed by atoms with E-state index in [-0.39, 0.29) is 48.2 Å². The van der Waals surface area contributed by atoms with Gasteiger partial charge in [0, 0.05) is 7.05 Å². The van der Waals surface area contributed by atoms with E-state index in [2.05, 4.69) is 25.6 Å². The maximum Gasteiger partial charge on any atom is 0.249 e. The van der Waals surface area contributed by atoms with Gasteiger partial charge in [0.2, 0.25) is 11.7 Å². The largest absolute Gasteiger partial charge is 0.358 e. The van der Waals surface area contributed by atoms with Crippen LogP contribution >= 0.6 is 0 Å². The molecule has 0 spiro atoms. The summed E-state index contributed by atoms with van der Waals surface area (Å²) in [6, 6.07) is 4.30. The van der Waals surface area contributed by atoms with Gasteiger partial charge in [-0.25, -0.2) is 9.02 Å². The van der Waals surface area contributed by atoms with E-state index < -0.39 is 0 Å². The van der Waals surface area contributed by atoms with Crippen LogP contribution in [0.1, 0.15) is 29.3 Å². The van der Waals surface area contributed by atoms with Crippen molar-refractivity contribution >= 4 is 23.4 Å². The normalized spacial score (nSPS) is 19.0. The van der Waals surface area contributed by atoms with E-state index in [0.717, 1.165) is 17.5 Å². The van der Waals surface area contributed by atoms with Crippen molar-refractivity contribution in [3.8, 4) is 0 Å². The van der Waals surface area contributed by atoms with Crippen molar-refractivity contribution in [2.24, 2.45) is 9.98 Å². The fourth-order valence-corrected chi connectivity index (χ4v) is 3.30. The third-order valence-electron chi connectivity index (χ3n) is 4.83. The molecular formula is C17H18FN7O3. The first-order chi connectivity index (χ1) is 13.6. The molecule has 11 heteroatoms. The van der Waals surface area contributed by atoms with Gasteiger partial charge in [-0.1, -0.05) is 6.07 Å². The molecule has 1 aromatic heterocycles. The molecule has 0 saturated heterocycles. The number of nitrogens with zero attached hydrogens (tertiary/aromatic N) is 5. The summed E-state index contributed by atoms with van der Waals surface area (Å²) < 4.78 is 18.4. The number of benzene rings is 1. The van der Waals surface area contributed by atoms with Gasteiger partial charge in [-0.05, 0) is 46.4 Å². The Morgan fingerprint density at radius 2 is 2.32 bits per heavy atom. The van der Waals surface area contributed by atoms with Gasteiger partial charge in [-0.3, -0.25) is 25.5 Å². The molecule has 0 saturated carbocycles. The SMILES string of the molecule is CN1C(=O)CN=C1CNc1nonc1C(=NC1CCc2ccc(F)cc21)NO. The van der Waals surface area contributed by atoms with E-state index in [0.29, 0.717) is 12.3 Å². The lowest BCUT2D eigenvalue weighted by molar-refractivity contribution is -0.123. The van der Waals surface area contributed by atoms with E-state index in [1.165, 1.54) is 17.0 Å². The van der Waals surface area contributed by atoms with E-state index in [4.69, 9.17) is 4.63 Å². The molecule has 1 unspecified atom stereocenters. The highest BCUT2D eigenvalue weighted by atomic mass is 19.1. The van der Waals surface area contributed by atoms with Crippen LogP contribution < -0.4 is 10.8 Å². The second-order valence-corrected chi connectivity index (χ2v) is 6.49. The number of aryl methyl sites for hydroxylation is 1. The van der Waals surface area contributed by atoms with Crippen molar-refractivity contribution in [2.75, 3.05) is 25.5 Å². The van der Waals surface area contributed by atoms with Crippen LogP contribution in [0.25, 0.3) is 0 Å². The molecule has 0 radical (unpaired) electrons. The molecule has 1 amide bonds. The predicted octanol–water partition coefficient (Wildman–Crippen LogP) is 0.904. The zero-order valence-electron chi connectivity index (χ0n) is 15.0. The van der Waals surface area contributed by atoms with Gasteiger partial charge in [-0.15, -0.1) is 0 Å². The topological polar surface area (TPSA) is 128 Å². The number of nitrogens with one attached hydrogen (secondary N) is 2. The van der Waals surface area contributed by atoms with Crippen LogP contribution in [0.2, 0.25) is 0 Å². The number of amidine groups is 2. The second-order valence-electron chi connectivity index (χ2n) is 6.49. The molecule has 1 aliphatic heterocycles. The van der Waals surface area contributed by atoms with Crippen LogP contribution in [-0.2, 0) is 11.2 Å². The molecule has 1 aromatic carbocycles. The highest BCUT2D eigenvalue weighted by molar-refractivity contribution is 6.06. The Balaban J connectivity index is 1.54. The smallest absolute Gasteiger partial charge is 0.249 e. The van der Waals surface area contributed by atoms with Gasteiger partial charge < -0.3 is 10.2 Å². The number of hydroxylamine groups is 1. The lowest BCUT2D eigenvalue weighted by Gasteiger charge is -2.13. The summed E-state index contributed by atoms with van der Waals surface area (Å²) in [5, 5.41) is 20.1. The second kappa shape index (κ2) is 7.35. The summed E-state index contributed by atoms with van der Waals surface area (Å²) >= 11 is 0. The van der Waals surface area contributed by atoms with Gasteiger partial charge in [0.25, 0.3) is 0 Å². The van der Waals surface area contributed by atoms with E-state index in [1.54, 1.807) is 13.1 Å². The molecule has 0 fully saturated rings. The molecule has 1 atom stereocenters. The number of carbonyl (C=O) groups is 1. The number of hydrogen-bond donors (Lipinski definition) is 3. The number of aliphatic imine (C=N–C) groups is 2. The standard InChI is InChI=1S/C17H18FN7O3/c1-25-13(19-8-14(25)26)7-20-16-15(23-28-24-16)17(22-27)21-12-5-3-9-2-4-10(18)6-11(9)12/h2,4,6,12,27H,3,5,7-8H2,1H3,(H,20,24)(H,21,22). The quantitative estimate of drug-likeness (QED) is 0.395.